The van der Waals surface area contributed by atoms with Crippen LogP contribution in [0.2, 0.25) is 0 Å². The highest BCUT2D eigenvalue weighted by molar-refractivity contribution is 5.86. The molecule has 0 aromatic carbocycles. The molecule has 0 bridgehead atoms. The van der Waals surface area contributed by atoms with E-state index in [0.717, 1.165) is 0 Å². The van der Waals surface area contributed by atoms with Crippen molar-refractivity contribution < 1.29 is 0 Å². The molecule has 1 rings (SSSR count). The van der Waals surface area contributed by atoms with Crippen molar-refractivity contribution in [3.63, 3.8) is 0 Å². The average Bonchev–Trinajstić information content (AvgIpc) is 1.69. The van der Waals surface area contributed by atoms with Crippen LogP contribution in [-0.4, -0.2) is 10.2 Å². The fraction of sp³-hybridized carbons (Fsp3) is 0. The lowest BCUT2D eigenvalue weighted by molar-refractivity contribution is 1.03. The highest BCUT2D eigenvalue weighted by Gasteiger charge is 1.74. The van der Waals surface area contributed by atoms with Crippen LogP contribution in [0.25, 0.3) is 0 Å². The zero-order valence-corrected chi connectivity index (χ0v) is 7.38. The number of anilines is 1. The largest absolute Gasteiger partial charge is 0.397 e. The van der Waals surface area contributed by atoms with Crippen molar-refractivity contribution in [1.82, 2.24) is 10.2 Å². The van der Waals surface area contributed by atoms with E-state index in [2.05, 4.69) is 10.2 Å². The maximum Gasteiger partial charge on any atom is 0.0725 e. The van der Waals surface area contributed by atoms with Crippen LogP contribution in [0.3, 0.4) is 0 Å². The van der Waals surface area contributed by atoms with Gasteiger partial charge in [-0.25, -0.2) is 0 Å². The lowest BCUT2D eigenvalue weighted by Crippen LogP contribution is -1.85. The molecule has 1 heterocycles. The molecule has 0 aliphatic heterocycles. The number of rotatable bonds is 0. The average molecular weight is 204 g/mol. The number of nitrogens with two attached hydrogens (primary N) is 1. The van der Waals surface area contributed by atoms with E-state index in [9.17, 15) is 0 Å². The first-order valence-corrected chi connectivity index (χ1v) is 1.92. The van der Waals surface area contributed by atoms with Crippen LogP contribution in [-0.2, 0) is 0 Å². The van der Waals surface area contributed by atoms with Crippen LogP contribution >= 0.6 is 37.2 Å². The third-order valence-electron chi connectivity index (χ3n) is 0.607. The molecule has 0 fully saturated rings. The molecule has 2 N–H and O–H groups in total. The van der Waals surface area contributed by atoms with E-state index in [0.29, 0.717) is 5.69 Å². The van der Waals surface area contributed by atoms with Gasteiger partial charge >= 0.3 is 0 Å². The summed E-state index contributed by atoms with van der Waals surface area (Å²) in [5.41, 5.74) is 5.90. The molecule has 0 radical (unpaired) electrons. The fourth-order valence-corrected chi connectivity index (χ4v) is 0.301. The van der Waals surface area contributed by atoms with Crippen LogP contribution < -0.4 is 5.73 Å². The second kappa shape index (κ2) is 8.75. The zero-order chi connectivity index (χ0) is 5.11. The first-order valence-electron chi connectivity index (χ1n) is 1.92. The van der Waals surface area contributed by atoms with E-state index < -0.39 is 0 Å². The van der Waals surface area contributed by atoms with E-state index in [1.54, 1.807) is 12.3 Å². The summed E-state index contributed by atoms with van der Waals surface area (Å²) < 4.78 is 0. The quantitative estimate of drug-likeness (QED) is 0.694. The van der Waals surface area contributed by atoms with Gasteiger partial charge in [0.15, 0.2) is 0 Å². The summed E-state index contributed by atoms with van der Waals surface area (Å²) in [7, 11) is 0. The van der Waals surface area contributed by atoms with Gasteiger partial charge in [-0.2, -0.15) is 10.2 Å². The number of nitrogens with zero attached hydrogens (tertiary/aromatic N) is 2. The molecule has 0 unspecified atom stereocenters. The maximum atomic E-state index is 5.26. The minimum Gasteiger partial charge on any atom is -0.397 e. The molecule has 10 heavy (non-hydrogen) atoms. The van der Waals surface area contributed by atoms with E-state index >= 15 is 0 Å². The Labute approximate surface area is 77.6 Å². The molecule has 60 valence electrons. The van der Waals surface area contributed by atoms with Gasteiger partial charge < -0.3 is 5.73 Å². The summed E-state index contributed by atoms with van der Waals surface area (Å²) in [6, 6.07) is 1.69. The summed E-state index contributed by atoms with van der Waals surface area (Å²) in [4.78, 5) is 0. The van der Waals surface area contributed by atoms with Crippen molar-refractivity contribution in [2.24, 2.45) is 0 Å². The monoisotopic (exact) mass is 203 g/mol. The Bertz CT molecular complexity index is 146. The van der Waals surface area contributed by atoms with Crippen LogP contribution in [0.15, 0.2) is 18.5 Å². The standard InChI is InChI=1S/C4H5N3.3ClH/c5-4-1-2-6-7-3-4;;;/h1-3H,(H2,5,6);3*1H. The molecule has 0 aliphatic carbocycles. The van der Waals surface area contributed by atoms with Gasteiger partial charge in [-0.1, -0.05) is 0 Å². The minimum absolute atomic E-state index is 0. The van der Waals surface area contributed by atoms with Gasteiger partial charge in [0.2, 0.25) is 0 Å². The second-order valence-corrected chi connectivity index (χ2v) is 1.18. The maximum absolute atomic E-state index is 5.26. The third kappa shape index (κ3) is 5.88. The molecule has 6 heteroatoms. The third-order valence-corrected chi connectivity index (χ3v) is 0.607. The van der Waals surface area contributed by atoms with Gasteiger partial charge in [0.05, 0.1) is 18.1 Å². The van der Waals surface area contributed by atoms with E-state index in [-0.39, 0.29) is 37.2 Å². The molecule has 0 saturated carbocycles. The predicted octanol–water partition coefficient (Wildman–Crippen LogP) is 1.32. The highest BCUT2D eigenvalue weighted by Crippen LogP contribution is 1.89. The van der Waals surface area contributed by atoms with Crippen molar-refractivity contribution in [3.8, 4) is 0 Å². The van der Waals surface area contributed by atoms with Crippen LogP contribution in [0, 0.1) is 0 Å². The normalized spacial score (nSPS) is 6.00. The van der Waals surface area contributed by atoms with E-state index in [1.807, 2.05) is 0 Å². The topological polar surface area (TPSA) is 51.8 Å². The number of hydrogen-bond donors (Lipinski definition) is 1. The van der Waals surface area contributed by atoms with Gasteiger partial charge in [0.25, 0.3) is 0 Å². The summed E-state index contributed by atoms with van der Waals surface area (Å²) in [6.07, 6.45) is 3.05. The molecule has 0 atom stereocenters. The Balaban J connectivity index is -0.000000163. The van der Waals surface area contributed by atoms with Crippen molar-refractivity contribution in [2.45, 2.75) is 0 Å². The van der Waals surface area contributed by atoms with Crippen molar-refractivity contribution in [2.75, 3.05) is 5.73 Å². The molecule has 0 amide bonds. The van der Waals surface area contributed by atoms with Crippen molar-refractivity contribution in [1.29, 1.82) is 0 Å². The molecule has 1 aromatic rings. The lowest BCUT2D eigenvalue weighted by atomic mass is 10.5. The predicted molar refractivity (Wildman–Crippen MR) is 48.2 cm³/mol. The smallest absolute Gasteiger partial charge is 0.0725 e. The molecule has 0 spiro atoms. The van der Waals surface area contributed by atoms with Gasteiger partial charge in [-0.05, 0) is 6.07 Å². The Morgan fingerprint density at radius 1 is 1.10 bits per heavy atom. The lowest BCUT2D eigenvalue weighted by Gasteiger charge is -1.82. The van der Waals surface area contributed by atoms with E-state index in [1.165, 1.54) is 6.20 Å². The Hall–Kier alpha value is -0.250. The minimum atomic E-state index is 0. The van der Waals surface area contributed by atoms with Gasteiger partial charge in [0, 0.05) is 0 Å². The van der Waals surface area contributed by atoms with Crippen molar-refractivity contribution in [3.05, 3.63) is 18.5 Å². The number of hydrogen-bond acceptors (Lipinski definition) is 3. The van der Waals surface area contributed by atoms with E-state index in [4.69, 9.17) is 5.73 Å². The summed E-state index contributed by atoms with van der Waals surface area (Å²) in [6.45, 7) is 0. The molecular weight excluding hydrogens is 196 g/mol. The number of aromatic nitrogens is 2. The molecule has 0 aliphatic rings. The van der Waals surface area contributed by atoms with Gasteiger partial charge in [0.1, 0.15) is 0 Å². The number of halogens is 3. The Morgan fingerprint density at radius 2 is 1.70 bits per heavy atom. The SMILES string of the molecule is Cl.Cl.Cl.Nc1ccnnc1. The zero-order valence-electron chi connectivity index (χ0n) is 4.93. The summed E-state index contributed by atoms with van der Waals surface area (Å²) in [5.74, 6) is 0. The molecule has 3 nitrogen and oxygen atoms in total. The number of nitrogen functional groups attached to an aromatic ring is 1. The Morgan fingerprint density at radius 3 is 1.90 bits per heavy atom. The first-order chi connectivity index (χ1) is 3.39. The molecule has 1 aromatic heterocycles. The van der Waals surface area contributed by atoms with Gasteiger partial charge in [-0.3, -0.25) is 0 Å². The summed E-state index contributed by atoms with van der Waals surface area (Å²) in [5, 5.41) is 7.02. The molecular formula is C4H8Cl3N3. The van der Waals surface area contributed by atoms with Crippen LogP contribution in [0.4, 0.5) is 5.69 Å². The first kappa shape index (κ1) is 16.4. The Kier molecular flexibility index (Phi) is 14.3. The van der Waals surface area contributed by atoms with Crippen LogP contribution in [0.5, 0.6) is 0 Å². The van der Waals surface area contributed by atoms with Gasteiger partial charge in [-0.15, -0.1) is 37.2 Å². The fourth-order valence-electron chi connectivity index (χ4n) is 0.301. The van der Waals surface area contributed by atoms with Crippen LogP contribution in [0.1, 0.15) is 0 Å². The second-order valence-electron chi connectivity index (χ2n) is 1.18. The molecule has 0 saturated heterocycles. The van der Waals surface area contributed by atoms with Crippen molar-refractivity contribution >= 4 is 42.9 Å². The highest BCUT2D eigenvalue weighted by atomic mass is 35.5. The summed E-state index contributed by atoms with van der Waals surface area (Å²) >= 11 is 0.